The fourth-order valence-electron chi connectivity index (χ4n) is 5.58. The molecule has 6 aromatic rings. The van der Waals surface area contributed by atoms with Crippen LogP contribution in [-0.2, 0) is 33.1 Å². The summed E-state index contributed by atoms with van der Waals surface area (Å²) in [5, 5.41) is 20.2. The molecular formula is C35H31F2N5O6S2. The van der Waals surface area contributed by atoms with Crippen molar-refractivity contribution < 1.29 is 35.8 Å². The normalized spacial score (nSPS) is 12.7. The minimum atomic E-state index is -4.25. The number of aromatic nitrogens is 4. The summed E-state index contributed by atoms with van der Waals surface area (Å²) in [7, 11) is -8.49. The molecule has 50 heavy (non-hydrogen) atoms. The van der Waals surface area contributed by atoms with E-state index in [4.69, 9.17) is 0 Å². The van der Waals surface area contributed by atoms with Gasteiger partial charge in [0.15, 0.2) is 0 Å². The Bertz CT molecular complexity index is 2170. The summed E-state index contributed by atoms with van der Waals surface area (Å²) < 4.78 is 87.2. The molecule has 6 rings (SSSR count). The molecule has 0 aliphatic rings. The van der Waals surface area contributed by atoms with E-state index >= 15 is 8.78 Å². The van der Waals surface area contributed by atoms with E-state index in [1.54, 1.807) is 17.0 Å². The molecular weight excluding hydrogens is 689 g/mol. The standard InChI is InChI=1S/C35H31F2N5O6S2/c36-32-11-3-1-9-30(32)34-15-25(21-41(34)49(45,46)28-7-5-13-38-17-28)19-40(23-27(44)24-43)20-26-16-35(31-10-2-4-12-33(31)37)42(22-26)50(47,48)29-8-6-14-39-18-29/h1-18,21-22,27,43-44H,19-20,23-24H2. The van der Waals surface area contributed by atoms with E-state index in [0.29, 0.717) is 11.1 Å². The van der Waals surface area contributed by atoms with Gasteiger partial charge >= 0.3 is 0 Å². The Hall–Kier alpha value is -5.06. The summed E-state index contributed by atoms with van der Waals surface area (Å²) in [6.45, 7) is -0.765. The van der Waals surface area contributed by atoms with Crippen LogP contribution in [0.4, 0.5) is 8.78 Å². The van der Waals surface area contributed by atoms with Gasteiger partial charge in [0.1, 0.15) is 21.4 Å². The number of aliphatic hydroxyl groups is 2. The van der Waals surface area contributed by atoms with Crippen LogP contribution >= 0.6 is 0 Å². The molecule has 0 saturated carbocycles. The predicted molar refractivity (Wildman–Crippen MR) is 181 cm³/mol. The van der Waals surface area contributed by atoms with E-state index in [1.807, 2.05) is 0 Å². The van der Waals surface area contributed by atoms with Gasteiger partial charge in [-0.2, -0.15) is 0 Å². The molecule has 1 unspecified atom stereocenters. The molecule has 0 saturated heterocycles. The average molecular weight is 720 g/mol. The Morgan fingerprint density at radius 1 is 0.680 bits per heavy atom. The Morgan fingerprint density at radius 2 is 1.12 bits per heavy atom. The Kier molecular flexibility index (Phi) is 10.0. The van der Waals surface area contributed by atoms with Crippen LogP contribution < -0.4 is 0 Å². The van der Waals surface area contributed by atoms with E-state index < -0.39 is 44.4 Å². The first-order valence-corrected chi connectivity index (χ1v) is 18.1. The van der Waals surface area contributed by atoms with E-state index in [9.17, 15) is 27.0 Å². The molecule has 0 aliphatic carbocycles. The molecule has 0 fully saturated rings. The molecule has 0 radical (unpaired) electrons. The number of hydrogen-bond donors (Lipinski definition) is 2. The molecule has 0 amide bonds. The first-order chi connectivity index (χ1) is 24.0. The van der Waals surface area contributed by atoms with Crippen LogP contribution in [0.5, 0.6) is 0 Å². The van der Waals surface area contributed by atoms with Crippen molar-refractivity contribution in [2.24, 2.45) is 0 Å². The zero-order chi connectivity index (χ0) is 35.5. The summed E-state index contributed by atoms with van der Waals surface area (Å²) in [5.74, 6) is -1.30. The highest BCUT2D eigenvalue weighted by molar-refractivity contribution is 7.90. The number of aliphatic hydroxyl groups excluding tert-OH is 2. The Morgan fingerprint density at radius 3 is 1.50 bits per heavy atom. The molecule has 258 valence electrons. The lowest BCUT2D eigenvalue weighted by atomic mass is 10.1. The van der Waals surface area contributed by atoms with Crippen molar-refractivity contribution in [3.8, 4) is 22.5 Å². The van der Waals surface area contributed by atoms with E-state index in [2.05, 4.69) is 9.97 Å². The maximum absolute atomic E-state index is 15.1. The lowest BCUT2D eigenvalue weighted by molar-refractivity contribution is 0.0542. The van der Waals surface area contributed by atoms with Gasteiger partial charge in [-0.3, -0.25) is 14.9 Å². The molecule has 15 heteroatoms. The second-order valence-corrected chi connectivity index (χ2v) is 15.0. The van der Waals surface area contributed by atoms with Crippen LogP contribution in [0.3, 0.4) is 0 Å². The van der Waals surface area contributed by atoms with Crippen molar-refractivity contribution >= 4 is 20.0 Å². The van der Waals surface area contributed by atoms with Crippen LogP contribution in [-0.4, -0.2) is 69.1 Å². The van der Waals surface area contributed by atoms with Gasteiger partial charge in [-0.15, -0.1) is 0 Å². The van der Waals surface area contributed by atoms with Crippen molar-refractivity contribution in [3.63, 3.8) is 0 Å². The maximum atomic E-state index is 15.1. The summed E-state index contributed by atoms with van der Waals surface area (Å²) in [5.41, 5.74) is 0.941. The SMILES string of the molecule is O=S(=O)(c1cccnc1)n1cc(CN(Cc2cc(-c3ccccc3F)n(S(=O)(=O)c3cccnc3)c2)CC(O)CO)cc1-c1ccccc1F. The monoisotopic (exact) mass is 719 g/mol. The number of pyridine rings is 2. The van der Waals surface area contributed by atoms with Crippen LogP contribution in [0.15, 0.2) is 132 Å². The fraction of sp³-hybridized carbons (Fsp3) is 0.143. The third-order valence-electron chi connectivity index (χ3n) is 7.86. The molecule has 0 aliphatic heterocycles. The molecule has 0 bridgehead atoms. The second-order valence-electron chi connectivity index (χ2n) is 11.4. The average Bonchev–Trinajstić information content (AvgIpc) is 3.75. The minimum Gasteiger partial charge on any atom is -0.394 e. The third-order valence-corrected chi connectivity index (χ3v) is 11.2. The highest BCUT2D eigenvalue weighted by Crippen LogP contribution is 2.32. The van der Waals surface area contributed by atoms with Gasteiger partial charge in [-0.25, -0.2) is 33.6 Å². The highest BCUT2D eigenvalue weighted by Gasteiger charge is 2.27. The van der Waals surface area contributed by atoms with Crippen LogP contribution in [0.2, 0.25) is 0 Å². The number of benzene rings is 2. The zero-order valence-electron chi connectivity index (χ0n) is 26.3. The van der Waals surface area contributed by atoms with Crippen LogP contribution in [0.25, 0.3) is 22.5 Å². The largest absolute Gasteiger partial charge is 0.394 e. The van der Waals surface area contributed by atoms with Crippen molar-refractivity contribution in [3.05, 3.63) is 145 Å². The highest BCUT2D eigenvalue weighted by atomic mass is 32.2. The zero-order valence-corrected chi connectivity index (χ0v) is 27.9. The maximum Gasteiger partial charge on any atom is 0.269 e. The van der Waals surface area contributed by atoms with Crippen molar-refractivity contribution in [1.29, 1.82) is 0 Å². The van der Waals surface area contributed by atoms with Crippen molar-refractivity contribution in [2.45, 2.75) is 29.0 Å². The third kappa shape index (κ3) is 7.13. The molecule has 4 heterocycles. The summed E-state index contributed by atoms with van der Waals surface area (Å²) >= 11 is 0. The molecule has 4 aromatic heterocycles. The number of rotatable bonds is 13. The van der Waals surface area contributed by atoms with E-state index in [0.717, 1.165) is 7.94 Å². The van der Waals surface area contributed by atoms with Gasteiger partial charge in [0.25, 0.3) is 20.0 Å². The van der Waals surface area contributed by atoms with Gasteiger partial charge in [-0.05, 0) is 71.8 Å². The topological polar surface area (TPSA) is 148 Å². The summed E-state index contributed by atoms with van der Waals surface area (Å²) in [4.78, 5) is 9.25. The van der Waals surface area contributed by atoms with Crippen molar-refractivity contribution in [2.75, 3.05) is 13.2 Å². The van der Waals surface area contributed by atoms with E-state index in [-0.39, 0.29) is 51.9 Å². The van der Waals surface area contributed by atoms with Crippen LogP contribution in [0.1, 0.15) is 11.1 Å². The lowest BCUT2D eigenvalue weighted by Crippen LogP contribution is -2.33. The number of halogens is 2. The second kappa shape index (κ2) is 14.4. The van der Waals surface area contributed by atoms with Crippen LogP contribution in [0, 0.1) is 11.6 Å². The summed E-state index contributed by atoms with van der Waals surface area (Å²) in [6.07, 6.45) is 6.67. The smallest absolute Gasteiger partial charge is 0.269 e. The first kappa shape index (κ1) is 34.8. The van der Waals surface area contributed by atoms with Gasteiger partial charge in [0.2, 0.25) is 0 Å². The lowest BCUT2D eigenvalue weighted by Gasteiger charge is -2.23. The quantitative estimate of drug-likeness (QED) is 0.176. The minimum absolute atomic E-state index is 0.0242. The van der Waals surface area contributed by atoms with E-state index in [1.165, 1.54) is 110 Å². The van der Waals surface area contributed by atoms with Gasteiger partial charge in [0, 0.05) is 67.9 Å². The van der Waals surface area contributed by atoms with Gasteiger partial charge in [-0.1, -0.05) is 24.3 Å². The molecule has 2 aromatic carbocycles. The van der Waals surface area contributed by atoms with Crippen molar-refractivity contribution in [1.82, 2.24) is 22.8 Å². The first-order valence-electron chi connectivity index (χ1n) is 15.2. The Labute approximate surface area is 287 Å². The molecule has 1 atom stereocenters. The predicted octanol–water partition coefficient (Wildman–Crippen LogP) is 4.52. The molecule has 0 spiro atoms. The van der Waals surface area contributed by atoms with Gasteiger partial charge in [0.05, 0.1) is 24.1 Å². The number of nitrogens with zero attached hydrogens (tertiary/aromatic N) is 5. The Balaban J connectivity index is 1.43. The molecule has 11 nitrogen and oxygen atoms in total. The number of hydrogen-bond acceptors (Lipinski definition) is 9. The van der Waals surface area contributed by atoms with Gasteiger partial charge < -0.3 is 10.2 Å². The molecule has 2 N–H and O–H groups in total. The fourth-order valence-corrected chi connectivity index (χ4v) is 8.29. The summed E-state index contributed by atoms with van der Waals surface area (Å²) in [6, 6.07) is 20.1.